The van der Waals surface area contributed by atoms with Gasteiger partial charge in [-0.25, -0.2) is 4.79 Å². The number of aliphatic hydroxyl groups is 1. The van der Waals surface area contributed by atoms with Gasteiger partial charge in [0.2, 0.25) is 17.7 Å². The Morgan fingerprint density at radius 2 is 1.40 bits per heavy atom. The number of nitrogens with one attached hydrogen (secondary N) is 3. The van der Waals surface area contributed by atoms with Crippen molar-refractivity contribution in [3.8, 4) is 0 Å². The smallest absolute Gasteiger partial charge is 0.326 e. The van der Waals surface area contributed by atoms with E-state index in [9.17, 15) is 34.2 Å². The summed E-state index contributed by atoms with van der Waals surface area (Å²) >= 11 is 0. The highest BCUT2D eigenvalue weighted by molar-refractivity contribution is 5.95. The van der Waals surface area contributed by atoms with E-state index >= 15 is 0 Å². The van der Waals surface area contributed by atoms with Gasteiger partial charge in [-0.15, -0.1) is 0 Å². The summed E-state index contributed by atoms with van der Waals surface area (Å²) in [7, 11) is 0. The third kappa shape index (κ3) is 10.9. The largest absolute Gasteiger partial charge is 0.481 e. The molecule has 0 aliphatic carbocycles. The van der Waals surface area contributed by atoms with Gasteiger partial charge in [0.05, 0.1) is 19.1 Å². The maximum absolute atomic E-state index is 12.6. The second-order valence-electron chi connectivity index (χ2n) is 7.88. The molecule has 0 aliphatic heterocycles. The van der Waals surface area contributed by atoms with Crippen LogP contribution < -0.4 is 27.4 Å². The molecule has 35 heavy (non-hydrogen) atoms. The van der Waals surface area contributed by atoms with Crippen molar-refractivity contribution in [2.75, 3.05) is 13.2 Å². The fourth-order valence-electron chi connectivity index (χ4n) is 3.11. The maximum atomic E-state index is 12.6. The average Bonchev–Trinajstić information content (AvgIpc) is 2.81. The molecule has 3 amide bonds. The molecule has 1 rings (SSSR count). The van der Waals surface area contributed by atoms with Crippen LogP contribution in [0.1, 0.15) is 31.2 Å². The predicted octanol–water partition coefficient (Wildman–Crippen LogP) is -2.31. The molecule has 0 radical (unpaired) electrons. The highest BCUT2D eigenvalue weighted by atomic mass is 16.4. The number of hydrogen-bond donors (Lipinski definition) is 8. The standard InChI is InChI=1S/C22H33N5O8/c23-9-5-4-8-15(22(34)35)25-21(33)17(12-28)27-20(32)16(11-18(29)30)26-19(31)14(24)10-13-6-2-1-3-7-13/h1-3,6-7,14-17,28H,4-5,8-12,23-24H2,(H,25,33)(H,26,31)(H,27,32)(H,29,30)(H,34,35). The lowest BCUT2D eigenvalue weighted by molar-refractivity contribution is -0.143. The second kappa shape index (κ2) is 15.4. The van der Waals surface area contributed by atoms with Crippen LogP contribution in [-0.2, 0) is 30.4 Å². The molecule has 13 nitrogen and oxygen atoms in total. The van der Waals surface area contributed by atoms with Crippen LogP contribution in [0.3, 0.4) is 0 Å². The summed E-state index contributed by atoms with van der Waals surface area (Å²) in [5.41, 5.74) is 12.0. The fourth-order valence-corrected chi connectivity index (χ4v) is 3.11. The highest BCUT2D eigenvalue weighted by Crippen LogP contribution is 2.04. The number of nitrogens with two attached hydrogens (primary N) is 2. The number of unbranched alkanes of at least 4 members (excludes halogenated alkanes) is 1. The molecule has 0 saturated heterocycles. The summed E-state index contributed by atoms with van der Waals surface area (Å²) in [6.45, 7) is -0.546. The molecule has 0 spiro atoms. The summed E-state index contributed by atoms with van der Waals surface area (Å²) < 4.78 is 0. The first kappa shape index (κ1) is 29.5. The molecule has 1 aromatic rings. The summed E-state index contributed by atoms with van der Waals surface area (Å²) in [5.74, 6) is -5.54. The van der Waals surface area contributed by atoms with E-state index < -0.39 is 66.9 Å². The minimum absolute atomic E-state index is 0.0847. The van der Waals surface area contributed by atoms with Gasteiger partial charge in [-0.05, 0) is 37.8 Å². The van der Waals surface area contributed by atoms with Crippen molar-refractivity contribution in [1.82, 2.24) is 16.0 Å². The van der Waals surface area contributed by atoms with Gasteiger partial charge >= 0.3 is 11.9 Å². The minimum atomic E-state index is -1.59. The molecule has 0 aliphatic rings. The number of carboxylic acid groups (broad SMARTS) is 2. The Kier molecular flexibility index (Phi) is 12.9. The molecule has 13 heteroatoms. The van der Waals surface area contributed by atoms with E-state index in [1.165, 1.54) is 0 Å². The normalized spacial score (nSPS) is 14.1. The number of carbonyl (C=O) groups is 5. The van der Waals surface area contributed by atoms with Crippen LogP contribution in [0, 0.1) is 0 Å². The first-order chi connectivity index (χ1) is 16.6. The lowest BCUT2D eigenvalue weighted by Crippen LogP contribution is -2.58. The van der Waals surface area contributed by atoms with E-state index in [1.807, 2.05) is 0 Å². The lowest BCUT2D eigenvalue weighted by atomic mass is 10.1. The van der Waals surface area contributed by atoms with E-state index in [0.29, 0.717) is 19.4 Å². The number of rotatable bonds is 16. The van der Waals surface area contributed by atoms with Gasteiger partial charge in [0.15, 0.2) is 0 Å². The number of benzene rings is 1. The van der Waals surface area contributed by atoms with Crippen molar-refractivity contribution in [3.63, 3.8) is 0 Å². The molecule has 0 bridgehead atoms. The quantitative estimate of drug-likeness (QED) is 0.114. The van der Waals surface area contributed by atoms with Crippen LogP contribution in [0.4, 0.5) is 0 Å². The monoisotopic (exact) mass is 495 g/mol. The summed E-state index contributed by atoms with van der Waals surface area (Å²) in [6.07, 6.45) is 0.382. The molecule has 1 aromatic carbocycles. The van der Waals surface area contributed by atoms with Gasteiger partial charge in [-0.3, -0.25) is 19.2 Å². The molecule has 0 heterocycles. The number of aliphatic hydroxyl groups excluding tert-OH is 1. The van der Waals surface area contributed by atoms with Gasteiger partial charge in [-0.1, -0.05) is 30.3 Å². The Morgan fingerprint density at radius 1 is 0.829 bits per heavy atom. The predicted molar refractivity (Wildman–Crippen MR) is 124 cm³/mol. The number of hydrogen-bond acceptors (Lipinski definition) is 8. The molecule has 10 N–H and O–H groups in total. The van der Waals surface area contributed by atoms with Gasteiger partial charge in [0.1, 0.15) is 18.1 Å². The van der Waals surface area contributed by atoms with Crippen LogP contribution >= 0.6 is 0 Å². The van der Waals surface area contributed by atoms with Gasteiger partial charge in [0.25, 0.3) is 0 Å². The zero-order valence-electron chi connectivity index (χ0n) is 19.2. The molecule has 4 unspecified atom stereocenters. The van der Waals surface area contributed by atoms with Gasteiger partial charge in [0, 0.05) is 0 Å². The minimum Gasteiger partial charge on any atom is -0.481 e. The van der Waals surface area contributed by atoms with Crippen molar-refractivity contribution in [2.45, 2.75) is 56.3 Å². The molecule has 4 atom stereocenters. The molecule has 0 fully saturated rings. The van der Waals surface area contributed by atoms with Crippen molar-refractivity contribution in [2.24, 2.45) is 11.5 Å². The average molecular weight is 496 g/mol. The Morgan fingerprint density at radius 3 is 1.94 bits per heavy atom. The molecule has 0 saturated carbocycles. The zero-order valence-corrected chi connectivity index (χ0v) is 19.2. The van der Waals surface area contributed by atoms with Crippen molar-refractivity contribution in [3.05, 3.63) is 35.9 Å². The highest BCUT2D eigenvalue weighted by Gasteiger charge is 2.31. The number of carboxylic acids is 2. The number of amides is 3. The van der Waals surface area contributed by atoms with Crippen LogP contribution in [0.2, 0.25) is 0 Å². The van der Waals surface area contributed by atoms with E-state index in [1.54, 1.807) is 30.3 Å². The van der Waals surface area contributed by atoms with Gasteiger partial charge in [-0.2, -0.15) is 0 Å². The fraction of sp³-hybridized carbons (Fsp3) is 0.500. The summed E-state index contributed by atoms with van der Waals surface area (Å²) in [5, 5.41) is 34.6. The number of carbonyl (C=O) groups excluding carboxylic acids is 3. The van der Waals surface area contributed by atoms with Crippen LogP contribution in [0.15, 0.2) is 30.3 Å². The summed E-state index contributed by atoms with van der Waals surface area (Å²) in [4.78, 5) is 60.2. The van der Waals surface area contributed by atoms with E-state index in [2.05, 4.69) is 16.0 Å². The zero-order chi connectivity index (χ0) is 26.4. The molecule has 0 aromatic heterocycles. The van der Waals surface area contributed by atoms with E-state index in [4.69, 9.17) is 16.6 Å². The Bertz CT molecular complexity index is 867. The topological polar surface area (TPSA) is 234 Å². The third-order valence-electron chi connectivity index (χ3n) is 5.02. The van der Waals surface area contributed by atoms with Crippen molar-refractivity contribution < 1.29 is 39.3 Å². The third-order valence-corrected chi connectivity index (χ3v) is 5.02. The van der Waals surface area contributed by atoms with Crippen LogP contribution in [0.25, 0.3) is 0 Å². The molecular formula is C22H33N5O8. The SMILES string of the molecule is NCCCCC(NC(=O)C(CO)NC(=O)C(CC(=O)O)NC(=O)C(N)Cc1ccccc1)C(=O)O. The first-order valence-corrected chi connectivity index (χ1v) is 11.0. The lowest BCUT2D eigenvalue weighted by Gasteiger charge is -2.23. The van der Waals surface area contributed by atoms with Gasteiger partial charge < -0.3 is 42.7 Å². The number of aliphatic carboxylic acids is 2. The Hall–Kier alpha value is -3.55. The molecular weight excluding hydrogens is 462 g/mol. The molecule has 194 valence electrons. The van der Waals surface area contributed by atoms with Crippen LogP contribution in [0.5, 0.6) is 0 Å². The van der Waals surface area contributed by atoms with Crippen LogP contribution in [-0.4, -0.2) is 82.3 Å². The van der Waals surface area contributed by atoms with Crippen molar-refractivity contribution >= 4 is 29.7 Å². The first-order valence-electron chi connectivity index (χ1n) is 11.0. The Labute approximate surface area is 202 Å². The van der Waals surface area contributed by atoms with E-state index in [-0.39, 0.29) is 12.8 Å². The summed E-state index contributed by atoms with van der Waals surface area (Å²) in [6, 6.07) is 3.28. The maximum Gasteiger partial charge on any atom is 0.326 e. The van der Waals surface area contributed by atoms with E-state index in [0.717, 1.165) is 5.56 Å². The second-order valence-corrected chi connectivity index (χ2v) is 7.88. The van der Waals surface area contributed by atoms with Crippen molar-refractivity contribution in [1.29, 1.82) is 0 Å². The Balaban J connectivity index is 2.81.